The van der Waals surface area contributed by atoms with Gasteiger partial charge in [-0.25, -0.2) is 4.39 Å². The molecule has 76 valence electrons. The van der Waals surface area contributed by atoms with E-state index in [4.69, 9.17) is 4.74 Å². The van der Waals surface area contributed by atoms with E-state index in [-0.39, 0.29) is 17.9 Å². The van der Waals surface area contributed by atoms with Gasteiger partial charge in [0.15, 0.2) is 0 Å². The first-order valence-electron chi connectivity index (χ1n) is 4.15. The zero-order chi connectivity index (χ0) is 10.6. The molecule has 0 saturated heterocycles. The first-order chi connectivity index (χ1) is 6.65. The van der Waals surface area contributed by atoms with E-state index in [1.807, 2.05) is 0 Å². The molecule has 14 heavy (non-hydrogen) atoms. The Bertz CT molecular complexity index is 341. The summed E-state index contributed by atoms with van der Waals surface area (Å²) in [5.74, 6) is -0.482. The van der Waals surface area contributed by atoms with Gasteiger partial charge in [-0.3, -0.25) is 10.1 Å². The number of nitro groups is 1. The van der Waals surface area contributed by atoms with E-state index < -0.39 is 10.7 Å². The van der Waals surface area contributed by atoms with E-state index in [2.05, 4.69) is 0 Å². The van der Waals surface area contributed by atoms with Crippen LogP contribution in [0.3, 0.4) is 0 Å². The second kappa shape index (κ2) is 4.66. The van der Waals surface area contributed by atoms with Gasteiger partial charge in [0.25, 0.3) is 5.69 Å². The number of hydrogen-bond acceptors (Lipinski definition) is 3. The fourth-order valence-electron chi connectivity index (χ4n) is 0.997. The zero-order valence-electron chi connectivity index (χ0n) is 7.70. The van der Waals surface area contributed by atoms with Crippen molar-refractivity contribution in [3.05, 3.63) is 39.7 Å². The second-order valence-electron chi connectivity index (χ2n) is 2.67. The maximum absolute atomic E-state index is 13.1. The lowest BCUT2D eigenvalue weighted by molar-refractivity contribution is -0.385. The average molecular weight is 199 g/mol. The normalized spacial score (nSPS) is 10.1. The molecule has 0 amide bonds. The Hall–Kier alpha value is -1.49. The lowest BCUT2D eigenvalue weighted by atomic mass is 10.2. The summed E-state index contributed by atoms with van der Waals surface area (Å²) in [6.07, 6.45) is 0. The molecule has 1 aromatic carbocycles. The number of rotatable bonds is 4. The molecule has 0 aliphatic rings. The van der Waals surface area contributed by atoms with Crippen LogP contribution in [0.15, 0.2) is 18.2 Å². The van der Waals surface area contributed by atoms with E-state index in [1.54, 1.807) is 6.92 Å². The minimum atomic E-state index is -0.561. The summed E-state index contributed by atoms with van der Waals surface area (Å²) in [6.45, 7) is 2.28. The van der Waals surface area contributed by atoms with Crippen LogP contribution in [0, 0.1) is 15.9 Å². The maximum atomic E-state index is 13.1. The van der Waals surface area contributed by atoms with Crippen molar-refractivity contribution in [3.8, 4) is 0 Å². The molecular formula is C9H10FNO3. The van der Waals surface area contributed by atoms with Crippen molar-refractivity contribution in [2.24, 2.45) is 0 Å². The molecule has 0 heterocycles. The predicted octanol–water partition coefficient (Wildman–Crippen LogP) is 2.27. The summed E-state index contributed by atoms with van der Waals surface area (Å²) in [4.78, 5) is 9.82. The van der Waals surface area contributed by atoms with Gasteiger partial charge in [-0.2, -0.15) is 0 Å². The molecule has 5 heteroatoms. The summed E-state index contributed by atoms with van der Waals surface area (Å²) < 4.78 is 18.0. The third-order valence-electron chi connectivity index (χ3n) is 1.70. The Balaban J connectivity index is 2.90. The van der Waals surface area contributed by atoms with Gasteiger partial charge in [-0.15, -0.1) is 0 Å². The third kappa shape index (κ3) is 2.50. The standard InChI is InChI=1S/C9H10FNO3/c1-2-14-6-7-5-8(11(12)13)3-4-9(7)10/h3-5H,2,6H2,1H3. The maximum Gasteiger partial charge on any atom is 0.269 e. The van der Waals surface area contributed by atoms with Gasteiger partial charge in [-0.05, 0) is 13.0 Å². The van der Waals surface area contributed by atoms with Gasteiger partial charge in [0.2, 0.25) is 0 Å². The van der Waals surface area contributed by atoms with Crippen molar-refractivity contribution >= 4 is 5.69 Å². The molecule has 0 saturated carbocycles. The molecule has 0 spiro atoms. The molecule has 0 atom stereocenters. The van der Waals surface area contributed by atoms with Gasteiger partial charge >= 0.3 is 0 Å². The molecule has 0 N–H and O–H groups in total. The SMILES string of the molecule is CCOCc1cc([N+](=O)[O-])ccc1F. The fraction of sp³-hybridized carbons (Fsp3) is 0.333. The topological polar surface area (TPSA) is 52.4 Å². The van der Waals surface area contributed by atoms with E-state index in [0.29, 0.717) is 6.61 Å². The van der Waals surface area contributed by atoms with Crippen molar-refractivity contribution in [1.29, 1.82) is 0 Å². The molecule has 0 radical (unpaired) electrons. The summed E-state index contributed by atoms with van der Waals surface area (Å²) in [6, 6.07) is 3.39. The molecule has 0 bridgehead atoms. The highest BCUT2D eigenvalue weighted by Gasteiger charge is 2.10. The highest BCUT2D eigenvalue weighted by molar-refractivity contribution is 5.34. The Morgan fingerprint density at radius 3 is 2.86 bits per heavy atom. The van der Waals surface area contributed by atoms with Crippen molar-refractivity contribution in [3.63, 3.8) is 0 Å². The second-order valence-corrected chi connectivity index (χ2v) is 2.67. The van der Waals surface area contributed by atoms with Gasteiger partial charge in [0.1, 0.15) is 5.82 Å². The van der Waals surface area contributed by atoms with Crippen molar-refractivity contribution in [1.82, 2.24) is 0 Å². The number of non-ortho nitro benzene ring substituents is 1. The first-order valence-corrected chi connectivity index (χ1v) is 4.15. The smallest absolute Gasteiger partial charge is 0.269 e. The van der Waals surface area contributed by atoms with Crippen LogP contribution in [0.4, 0.5) is 10.1 Å². The Kier molecular flexibility index (Phi) is 3.53. The van der Waals surface area contributed by atoms with Crippen LogP contribution in [0.1, 0.15) is 12.5 Å². The van der Waals surface area contributed by atoms with E-state index in [0.717, 1.165) is 12.1 Å². The highest BCUT2D eigenvalue weighted by atomic mass is 19.1. The number of hydrogen-bond donors (Lipinski definition) is 0. The number of nitro benzene ring substituents is 1. The molecule has 4 nitrogen and oxygen atoms in total. The zero-order valence-corrected chi connectivity index (χ0v) is 7.70. The van der Waals surface area contributed by atoms with E-state index >= 15 is 0 Å². The molecule has 0 aromatic heterocycles. The number of nitrogens with zero attached hydrogens (tertiary/aromatic N) is 1. The van der Waals surface area contributed by atoms with Crippen LogP contribution >= 0.6 is 0 Å². The molecule has 0 aliphatic heterocycles. The molecule has 1 aromatic rings. The van der Waals surface area contributed by atoms with Crippen LogP contribution in [-0.4, -0.2) is 11.5 Å². The summed E-state index contributed by atoms with van der Waals surface area (Å²) in [7, 11) is 0. The van der Waals surface area contributed by atoms with Crippen LogP contribution in [0.5, 0.6) is 0 Å². The largest absolute Gasteiger partial charge is 0.377 e. The monoisotopic (exact) mass is 199 g/mol. The van der Waals surface area contributed by atoms with Gasteiger partial charge < -0.3 is 4.74 Å². The predicted molar refractivity (Wildman–Crippen MR) is 48.4 cm³/mol. The fourth-order valence-corrected chi connectivity index (χ4v) is 0.997. The molecule has 0 aliphatic carbocycles. The number of halogens is 1. The van der Waals surface area contributed by atoms with Crippen molar-refractivity contribution in [2.45, 2.75) is 13.5 Å². The summed E-state index contributed by atoms with van der Waals surface area (Å²) in [5.41, 5.74) is 0.0853. The van der Waals surface area contributed by atoms with Crippen molar-refractivity contribution < 1.29 is 14.1 Å². The minimum absolute atomic E-state index is 0.0595. The summed E-state index contributed by atoms with van der Waals surface area (Å²) >= 11 is 0. The van der Waals surface area contributed by atoms with Crippen LogP contribution in [-0.2, 0) is 11.3 Å². The molecular weight excluding hydrogens is 189 g/mol. The highest BCUT2D eigenvalue weighted by Crippen LogP contribution is 2.17. The average Bonchev–Trinajstić information content (AvgIpc) is 2.16. The first kappa shape index (κ1) is 10.6. The summed E-state index contributed by atoms with van der Waals surface area (Å²) in [5, 5.41) is 10.4. The van der Waals surface area contributed by atoms with Crippen LogP contribution < -0.4 is 0 Å². The minimum Gasteiger partial charge on any atom is -0.377 e. The van der Waals surface area contributed by atoms with E-state index in [9.17, 15) is 14.5 Å². The Labute approximate surface area is 80.5 Å². The van der Waals surface area contributed by atoms with E-state index in [1.165, 1.54) is 6.07 Å². The third-order valence-corrected chi connectivity index (χ3v) is 1.70. The van der Waals surface area contributed by atoms with Crippen LogP contribution in [0.2, 0.25) is 0 Å². The molecule has 1 rings (SSSR count). The van der Waals surface area contributed by atoms with Gasteiger partial charge in [0.05, 0.1) is 11.5 Å². The van der Waals surface area contributed by atoms with Gasteiger partial charge in [0, 0.05) is 24.3 Å². The molecule has 0 fully saturated rings. The van der Waals surface area contributed by atoms with Crippen LogP contribution in [0.25, 0.3) is 0 Å². The Morgan fingerprint density at radius 2 is 2.29 bits per heavy atom. The van der Waals surface area contributed by atoms with Gasteiger partial charge in [-0.1, -0.05) is 0 Å². The lowest BCUT2D eigenvalue weighted by Gasteiger charge is -2.02. The Morgan fingerprint density at radius 1 is 1.57 bits per heavy atom. The number of ether oxygens (including phenoxy) is 1. The molecule has 0 unspecified atom stereocenters. The lowest BCUT2D eigenvalue weighted by Crippen LogP contribution is -1.97. The number of benzene rings is 1. The van der Waals surface area contributed by atoms with Crippen molar-refractivity contribution in [2.75, 3.05) is 6.61 Å². The quantitative estimate of drug-likeness (QED) is 0.552.